The molecule has 0 unspecified atom stereocenters. The van der Waals surface area contributed by atoms with Crippen LogP contribution >= 0.6 is 0 Å². The zero-order valence-corrected chi connectivity index (χ0v) is 24.2. The van der Waals surface area contributed by atoms with E-state index < -0.39 is 25.7 Å². The number of benzene rings is 1. The van der Waals surface area contributed by atoms with Gasteiger partial charge in [0.05, 0.1) is 25.4 Å². The average molecular weight is 546 g/mol. The van der Waals surface area contributed by atoms with Crippen molar-refractivity contribution in [3.63, 3.8) is 0 Å². The van der Waals surface area contributed by atoms with Crippen LogP contribution in [0.3, 0.4) is 0 Å². The van der Waals surface area contributed by atoms with Gasteiger partial charge in [-0.05, 0) is 24.2 Å². The molecule has 0 saturated carbocycles. The number of rotatable bonds is 9. The number of anilines is 1. The number of nitrogens with zero attached hydrogens (tertiary/aromatic N) is 3. The van der Waals surface area contributed by atoms with E-state index in [2.05, 4.69) is 44.0 Å². The fraction of sp³-hybridized carbons (Fsp3) is 0.500. The molecule has 206 valence electrons. The molecule has 3 heterocycles. The monoisotopic (exact) mass is 545 g/mol. The molecule has 0 aliphatic carbocycles. The Kier molecular flexibility index (Phi) is 7.85. The molecule has 0 atom stereocenters. The van der Waals surface area contributed by atoms with Crippen molar-refractivity contribution in [2.45, 2.75) is 71.6 Å². The minimum atomic E-state index is -2.04. The summed E-state index contributed by atoms with van der Waals surface area (Å²) in [4.78, 5) is 11.4. The van der Waals surface area contributed by atoms with Crippen LogP contribution in [0.1, 0.15) is 46.6 Å². The molecular weight excluding hydrogens is 508 g/mol. The fourth-order valence-electron chi connectivity index (χ4n) is 3.77. The second-order valence-corrected chi connectivity index (χ2v) is 16.5. The topological polar surface area (TPSA) is 65.4 Å². The first kappa shape index (κ1) is 28.0. The van der Waals surface area contributed by atoms with Gasteiger partial charge in [-0.2, -0.15) is 0 Å². The third-order valence-corrected chi connectivity index (χ3v) is 11.6. The zero-order chi connectivity index (χ0) is 27.7. The third-order valence-electron chi connectivity index (χ3n) is 7.14. The van der Waals surface area contributed by atoms with E-state index in [1.807, 2.05) is 13.8 Å². The number of ether oxygens (including phenoxy) is 2. The van der Waals surface area contributed by atoms with Crippen LogP contribution in [0.25, 0.3) is 11.1 Å². The Bertz CT molecular complexity index is 1230. The summed E-state index contributed by atoms with van der Waals surface area (Å²) in [6, 6.07) is 6.42. The molecule has 38 heavy (non-hydrogen) atoms. The van der Waals surface area contributed by atoms with Crippen molar-refractivity contribution in [3.05, 3.63) is 59.7 Å². The van der Waals surface area contributed by atoms with Gasteiger partial charge >= 0.3 is 0 Å². The second-order valence-electron chi connectivity index (χ2n) is 11.7. The quantitative estimate of drug-likeness (QED) is 0.197. The van der Waals surface area contributed by atoms with Crippen LogP contribution in [0.15, 0.2) is 47.6 Å². The van der Waals surface area contributed by atoms with Crippen molar-refractivity contribution in [1.29, 1.82) is 0 Å². The molecule has 2 aromatic rings. The molecule has 0 bridgehead atoms. The highest BCUT2D eigenvalue weighted by Gasteiger charge is 2.37. The molecule has 2 aliphatic heterocycles. The summed E-state index contributed by atoms with van der Waals surface area (Å²) < 4.78 is 47.5. The fourth-order valence-corrected chi connectivity index (χ4v) is 4.72. The number of hydrogen-bond donors (Lipinski definition) is 0. The van der Waals surface area contributed by atoms with Gasteiger partial charge in [0.15, 0.2) is 20.0 Å². The van der Waals surface area contributed by atoms with Crippen molar-refractivity contribution in [3.8, 4) is 11.1 Å². The average Bonchev–Trinajstić information content (AvgIpc) is 3.15. The van der Waals surface area contributed by atoms with Gasteiger partial charge < -0.3 is 23.6 Å². The van der Waals surface area contributed by atoms with E-state index in [1.54, 1.807) is 29.4 Å². The Morgan fingerprint density at radius 2 is 1.92 bits per heavy atom. The van der Waals surface area contributed by atoms with Crippen molar-refractivity contribution < 1.29 is 27.5 Å². The molecule has 1 fully saturated rings. The molecular formula is C28H37F2N3O4Si. The highest BCUT2D eigenvalue weighted by molar-refractivity contribution is 6.74. The van der Waals surface area contributed by atoms with Gasteiger partial charge in [0.1, 0.15) is 24.4 Å². The molecule has 7 nitrogen and oxygen atoms in total. The summed E-state index contributed by atoms with van der Waals surface area (Å²) in [7, 11) is -2.04. The molecule has 1 saturated heterocycles. The lowest BCUT2D eigenvalue weighted by Crippen LogP contribution is -2.48. The van der Waals surface area contributed by atoms with E-state index in [9.17, 15) is 4.39 Å². The molecule has 1 aromatic heterocycles. The van der Waals surface area contributed by atoms with Crippen LogP contribution in [0.4, 0.5) is 14.6 Å². The van der Waals surface area contributed by atoms with E-state index >= 15 is 4.39 Å². The summed E-state index contributed by atoms with van der Waals surface area (Å²) in [5, 5.41) is 4.13. The molecule has 0 N–H and O–H groups in total. The Hall–Kier alpha value is -2.98. The van der Waals surface area contributed by atoms with Gasteiger partial charge in [-0.1, -0.05) is 44.1 Å². The predicted octanol–water partition coefficient (Wildman–Crippen LogP) is 6.76. The van der Waals surface area contributed by atoms with Crippen LogP contribution in [0.5, 0.6) is 0 Å². The summed E-state index contributed by atoms with van der Waals surface area (Å²) in [6.45, 7) is 15.7. The number of oxime groups is 1. The van der Waals surface area contributed by atoms with E-state index in [-0.39, 0.29) is 17.5 Å². The van der Waals surface area contributed by atoms with Crippen molar-refractivity contribution in [1.82, 2.24) is 4.98 Å². The van der Waals surface area contributed by atoms with E-state index in [0.29, 0.717) is 48.6 Å². The molecule has 0 spiro atoms. The van der Waals surface area contributed by atoms with Gasteiger partial charge in [-0.3, -0.25) is 0 Å². The number of aromatic nitrogens is 1. The van der Waals surface area contributed by atoms with Gasteiger partial charge in [0, 0.05) is 43.2 Å². The third kappa shape index (κ3) is 6.35. The van der Waals surface area contributed by atoms with Crippen LogP contribution in [-0.2, 0) is 25.3 Å². The normalized spacial score (nSPS) is 16.9. The first-order valence-corrected chi connectivity index (χ1v) is 15.7. The molecule has 2 aliphatic rings. The maximum atomic E-state index is 15.4. The van der Waals surface area contributed by atoms with Gasteiger partial charge in [-0.15, -0.1) is 0 Å². The summed E-state index contributed by atoms with van der Waals surface area (Å²) in [5.41, 5.74) is 1.92. The Balaban J connectivity index is 1.33. The van der Waals surface area contributed by atoms with E-state index in [1.165, 1.54) is 12.3 Å². The first-order chi connectivity index (χ1) is 17.8. The van der Waals surface area contributed by atoms with Crippen molar-refractivity contribution in [2.24, 2.45) is 5.16 Å². The van der Waals surface area contributed by atoms with Gasteiger partial charge in [0.25, 0.3) is 0 Å². The first-order valence-electron chi connectivity index (χ1n) is 12.8. The van der Waals surface area contributed by atoms with Gasteiger partial charge in [-0.25, -0.2) is 13.8 Å². The summed E-state index contributed by atoms with van der Waals surface area (Å²) >= 11 is 0. The molecule has 1 aromatic carbocycles. The van der Waals surface area contributed by atoms with Crippen LogP contribution in [0.2, 0.25) is 18.1 Å². The second kappa shape index (κ2) is 10.6. The molecule has 4 rings (SSSR count). The Labute approximate surface area is 224 Å². The largest absolute Gasteiger partial charge is 0.457 e. The minimum absolute atomic E-state index is 0.0205. The Morgan fingerprint density at radius 3 is 2.55 bits per heavy atom. The van der Waals surface area contributed by atoms with Crippen LogP contribution < -0.4 is 4.90 Å². The summed E-state index contributed by atoms with van der Waals surface area (Å²) in [5.74, 6) is -0.658. The van der Waals surface area contributed by atoms with Crippen LogP contribution in [-0.4, -0.2) is 44.5 Å². The lowest BCUT2D eigenvalue weighted by Gasteiger charge is -2.36. The molecule has 0 amide bonds. The molecule has 10 heteroatoms. The maximum Gasteiger partial charge on any atom is 0.244 e. The SMILES string of the molecule is CC1(C)OC=C(CCON=C2CN(c3ncc(-c4cccc(CO[Si](C)(C)C(C)(C)C)c4F)cc3F)C2)O1. The van der Waals surface area contributed by atoms with Crippen molar-refractivity contribution >= 4 is 19.8 Å². The van der Waals surface area contributed by atoms with Gasteiger partial charge in [0.2, 0.25) is 5.79 Å². The van der Waals surface area contributed by atoms with E-state index in [4.69, 9.17) is 18.7 Å². The summed E-state index contributed by atoms with van der Waals surface area (Å²) in [6.07, 6.45) is 3.63. The zero-order valence-electron chi connectivity index (χ0n) is 23.2. The number of hydrogen-bond acceptors (Lipinski definition) is 7. The minimum Gasteiger partial charge on any atom is -0.457 e. The highest BCUT2D eigenvalue weighted by Crippen LogP contribution is 2.37. The smallest absolute Gasteiger partial charge is 0.244 e. The van der Waals surface area contributed by atoms with Crippen LogP contribution in [0, 0.1) is 11.6 Å². The standard InChI is InChI=1S/C28H37F2N3O4Si/c1-27(2,3)38(6,7)36-17-19-9-8-10-23(25(19)30)20-13-24(29)26(31-14-20)33-15-21(16-33)32-35-12-11-22-18-34-28(4,5)37-22/h8-10,13-14,18H,11-12,15-17H2,1-7H3. The lowest BCUT2D eigenvalue weighted by molar-refractivity contribution is -0.118. The molecule has 0 radical (unpaired) electrons. The number of pyridine rings is 1. The lowest BCUT2D eigenvalue weighted by atomic mass is 10.0. The Morgan fingerprint density at radius 1 is 1.18 bits per heavy atom. The number of halogens is 2. The highest BCUT2D eigenvalue weighted by atomic mass is 28.4. The predicted molar refractivity (Wildman–Crippen MR) is 146 cm³/mol. The van der Waals surface area contributed by atoms with E-state index in [0.717, 1.165) is 5.71 Å². The van der Waals surface area contributed by atoms with Crippen molar-refractivity contribution in [2.75, 3.05) is 24.6 Å². The maximum absolute atomic E-state index is 15.4.